The van der Waals surface area contributed by atoms with Crippen LogP contribution in [0.4, 0.5) is 4.79 Å². The lowest BCUT2D eigenvalue weighted by Gasteiger charge is -2.17. The second-order valence-electron chi connectivity index (χ2n) is 3.94. The molecule has 0 saturated carbocycles. The Balaban J connectivity index is 2.25. The van der Waals surface area contributed by atoms with Crippen LogP contribution in [-0.4, -0.2) is 12.1 Å². The zero-order chi connectivity index (χ0) is 11.3. The minimum Gasteiger partial charge on any atom is -0.467 e. The van der Waals surface area contributed by atoms with Gasteiger partial charge in [0, 0.05) is 6.04 Å². The van der Waals surface area contributed by atoms with Crippen LogP contribution < -0.4 is 10.6 Å². The molecule has 1 heterocycles. The van der Waals surface area contributed by atoms with Crippen LogP contribution >= 0.6 is 0 Å². The van der Waals surface area contributed by atoms with Gasteiger partial charge in [-0.25, -0.2) is 4.79 Å². The van der Waals surface area contributed by atoms with Crippen LogP contribution in [0.1, 0.15) is 26.5 Å². The van der Waals surface area contributed by atoms with Crippen molar-refractivity contribution in [3.8, 4) is 0 Å². The fourth-order valence-electron chi connectivity index (χ4n) is 1.01. The highest BCUT2D eigenvalue weighted by Gasteiger charge is 2.10. The summed E-state index contributed by atoms with van der Waals surface area (Å²) < 4.78 is 5.09. The molecule has 0 aliphatic heterocycles. The average molecular weight is 210 g/mol. The Labute approximate surface area is 90.0 Å². The largest absolute Gasteiger partial charge is 0.467 e. The van der Waals surface area contributed by atoms with E-state index in [1.54, 1.807) is 12.3 Å². The SMILES string of the molecule is CC(C)C(C)NC(=O)NCc1ccco1. The second kappa shape index (κ2) is 5.44. The molecular weight excluding hydrogens is 192 g/mol. The molecule has 0 aliphatic carbocycles. The van der Waals surface area contributed by atoms with E-state index in [0.717, 1.165) is 5.76 Å². The third-order valence-electron chi connectivity index (χ3n) is 2.36. The van der Waals surface area contributed by atoms with Crippen molar-refractivity contribution in [3.05, 3.63) is 24.2 Å². The molecule has 1 unspecified atom stereocenters. The quantitative estimate of drug-likeness (QED) is 0.799. The number of urea groups is 1. The lowest BCUT2D eigenvalue weighted by atomic mass is 10.1. The zero-order valence-corrected chi connectivity index (χ0v) is 9.41. The molecule has 84 valence electrons. The topological polar surface area (TPSA) is 54.3 Å². The van der Waals surface area contributed by atoms with Crippen LogP contribution in [0.5, 0.6) is 0 Å². The lowest BCUT2D eigenvalue weighted by molar-refractivity contribution is 0.233. The molecule has 15 heavy (non-hydrogen) atoms. The molecule has 0 aliphatic rings. The monoisotopic (exact) mass is 210 g/mol. The second-order valence-corrected chi connectivity index (χ2v) is 3.94. The van der Waals surface area contributed by atoms with E-state index in [9.17, 15) is 4.79 Å². The number of rotatable bonds is 4. The molecule has 4 nitrogen and oxygen atoms in total. The maximum Gasteiger partial charge on any atom is 0.315 e. The van der Waals surface area contributed by atoms with Crippen LogP contribution in [-0.2, 0) is 6.54 Å². The third-order valence-corrected chi connectivity index (χ3v) is 2.36. The minimum atomic E-state index is -0.160. The van der Waals surface area contributed by atoms with Crippen LogP contribution in [0.3, 0.4) is 0 Å². The molecule has 2 N–H and O–H groups in total. The number of amides is 2. The summed E-state index contributed by atoms with van der Waals surface area (Å²) in [5.74, 6) is 1.18. The summed E-state index contributed by atoms with van der Waals surface area (Å²) in [5.41, 5.74) is 0. The van der Waals surface area contributed by atoms with Gasteiger partial charge in [0.15, 0.2) is 0 Å². The van der Waals surface area contributed by atoms with E-state index in [2.05, 4.69) is 24.5 Å². The summed E-state index contributed by atoms with van der Waals surface area (Å²) in [6.45, 7) is 6.54. The van der Waals surface area contributed by atoms with E-state index < -0.39 is 0 Å². The van der Waals surface area contributed by atoms with Gasteiger partial charge in [-0.15, -0.1) is 0 Å². The summed E-state index contributed by atoms with van der Waals surface area (Å²) in [7, 11) is 0. The molecule has 0 spiro atoms. The van der Waals surface area contributed by atoms with Crippen LogP contribution in [0, 0.1) is 5.92 Å². The van der Waals surface area contributed by atoms with Crippen molar-refractivity contribution < 1.29 is 9.21 Å². The Morgan fingerprint density at radius 2 is 2.20 bits per heavy atom. The first-order valence-electron chi connectivity index (χ1n) is 5.16. The summed E-state index contributed by atoms with van der Waals surface area (Å²) in [4.78, 5) is 11.4. The van der Waals surface area contributed by atoms with E-state index in [4.69, 9.17) is 4.42 Å². The number of carbonyl (C=O) groups is 1. The highest BCUT2D eigenvalue weighted by molar-refractivity contribution is 5.74. The summed E-state index contributed by atoms with van der Waals surface area (Å²) >= 11 is 0. The van der Waals surface area contributed by atoms with Gasteiger partial charge < -0.3 is 15.1 Å². The van der Waals surface area contributed by atoms with E-state index in [-0.39, 0.29) is 12.1 Å². The predicted molar refractivity (Wildman–Crippen MR) is 58.4 cm³/mol. The number of nitrogens with one attached hydrogen (secondary N) is 2. The predicted octanol–water partition coefficient (Wildman–Crippen LogP) is 2.12. The van der Waals surface area contributed by atoms with Gasteiger partial charge in [-0.1, -0.05) is 13.8 Å². The number of carbonyl (C=O) groups excluding carboxylic acids is 1. The van der Waals surface area contributed by atoms with Crippen LogP contribution in [0.2, 0.25) is 0 Å². The van der Waals surface area contributed by atoms with Crippen molar-refractivity contribution in [2.45, 2.75) is 33.4 Å². The summed E-state index contributed by atoms with van der Waals surface area (Å²) in [5, 5.41) is 5.58. The molecule has 1 aromatic rings. The molecular formula is C11H18N2O2. The van der Waals surface area contributed by atoms with E-state index >= 15 is 0 Å². The van der Waals surface area contributed by atoms with Gasteiger partial charge in [0.1, 0.15) is 5.76 Å². The van der Waals surface area contributed by atoms with E-state index in [0.29, 0.717) is 12.5 Å². The van der Waals surface area contributed by atoms with Crippen LogP contribution in [0.15, 0.2) is 22.8 Å². The van der Waals surface area contributed by atoms with Crippen molar-refractivity contribution in [1.82, 2.24) is 10.6 Å². The Morgan fingerprint density at radius 1 is 1.47 bits per heavy atom. The number of hydrogen-bond acceptors (Lipinski definition) is 2. The maximum atomic E-state index is 11.4. The first-order valence-corrected chi connectivity index (χ1v) is 5.16. The third kappa shape index (κ3) is 4.06. The Kier molecular flexibility index (Phi) is 4.21. The molecule has 0 radical (unpaired) electrons. The van der Waals surface area contributed by atoms with Crippen molar-refractivity contribution in [2.24, 2.45) is 5.92 Å². The molecule has 1 aromatic heterocycles. The number of furan rings is 1. The fourth-order valence-corrected chi connectivity index (χ4v) is 1.01. The van der Waals surface area contributed by atoms with Crippen molar-refractivity contribution in [2.75, 3.05) is 0 Å². The van der Waals surface area contributed by atoms with Gasteiger partial charge >= 0.3 is 6.03 Å². The molecule has 2 amide bonds. The fraction of sp³-hybridized carbons (Fsp3) is 0.545. The van der Waals surface area contributed by atoms with Crippen LogP contribution in [0.25, 0.3) is 0 Å². The Hall–Kier alpha value is -1.45. The van der Waals surface area contributed by atoms with Crippen molar-refractivity contribution >= 4 is 6.03 Å². The van der Waals surface area contributed by atoms with Gasteiger partial charge in [-0.3, -0.25) is 0 Å². The van der Waals surface area contributed by atoms with Crippen molar-refractivity contribution in [1.29, 1.82) is 0 Å². The molecule has 0 bridgehead atoms. The van der Waals surface area contributed by atoms with Crippen molar-refractivity contribution in [3.63, 3.8) is 0 Å². The molecule has 1 rings (SSSR count). The Bertz CT molecular complexity index is 294. The van der Waals surface area contributed by atoms with Gasteiger partial charge in [0.2, 0.25) is 0 Å². The lowest BCUT2D eigenvalue weighted by Crippen LogP contribution is -2.42. The normalized spacial score (nSPS) is 12.5. The zero-order valence-electron chi connectivity index (χ0n) is 9.41. The average Bonchev–Trinajstić information content (AvgIpc) is 2.66. The highest BCUT2D eigenvalue weighted by atomic mass is 16.3. The first-order chi connectivity index (χ1) is 7.09. The van der Waals surface area contributed by atoms with E-state index in [1.807, 2.05) is 13.0 Å². The molecule has 0 saturated heterocycles. The smallest absolute Gasteiger partial charge is 0.315 e. The first kappa shape index (κ1) is 11.6. The molecule has 0 aromatic carbocycles. The van der Waals surface area contributed by atoms with Gasteiger partial charge in [-0.05, 0) is 25.0 Å². The standard InChI is InChI=1S/C11H18N2O2/c1-8(2)9(3)13-11(14)12-7-10-5-4-6-15-10/h4-6,8-9H,7H2,1-3H3,(H2,12,13,14). The minimum absolute atomic E-state index is 0.160. The molecule has 1 atom stereocenters. The van der Waals surface area contributed by atoms with E-state index in [1.165, 1.54) is 0 Å². The highest BCUT2D eigenvalue weighted by Crippen LogP contribution is 2.00. The van der Waals surface area contributed by atoms with Gasteiger partial charge in [-0.2, -0.15) is 0 Å². The Morgan fingerprint density at radius 3 is 2.73 bits per heavy atom. The maximum absolute atomic E-state index is 11.4. The number of hydrogen-bond donors (Lipinski definition) is 2. The van der Waals surface area contributed by atoms with Gasteiger partial charge in [0.05, 0.1) is 12.8 Å². The summed E-state index contributed by atoms with van der Waals surface area (Å²) in [6.07, 6.45) is 1.59. The molecule has 0 fully saturated rings. The molecule has 4 heteroatoms. The van der Waals surface area contributed by atoms with Gasteiger partial charge in [0.25, 0.3) is 0 Å². The summed E-state index contributed by atoms with van der Waals surface area (Å²) in [6, 6.07) is 3.63.